The third-order valence-corrected chi connectivity index (χ3v) is 12.6. The fourth-order valence-electron chi connectivity index (χ4n) is 7.88. The molecule has 0 bridgehead atoms. The van der Waals surface area contributed by atoms with Crippen molar-refractivity contribution >= 4 is 71.0 Å². The molecule has 1 aromatic rings. The van der Waals surface area contributed by atoms with Gasteiger partial charge in [-0.2, -0.15) is 11.8 Å². The van der Waals surface area contributed by atoms with Gasteiger partial charge in [0.1, 0.15) is 0 Å². The number of benzene rings is 1. The molecule has 4 atom stereocenters. The second-order valence-corrected chi connectivity index (χ2v) is 17.9. The number of carboxylic acid groups (broad SMARTS) is 5. The predicted octanol–water partition coefficient (Wildman–Crippen LogP) is 0.944. The maximum Gasteiger partial charge on any atom is 3.00 e. The Balaban J connectivity index is 0.0000154. The molecule has 2 saturated heterocycles. The zero-order valence-electron chi connectivity index (χ0n) is 37.6. The third kappa shape index (κ3) is 25.6. The van der Waals surface area contributed by atoms with E-state index >= 15 is 0 Å². The quantitative estimate of drug-likeness (QED) is 0.0330. The molecule has 2 aliphatic rings. The van der Waals surface area contributed by atoms with Crippen LogP contribution in [0.4, 0.5) is 10.5 Å². The number of hydrogen-bond acceptors (Lipinski definition) is 13. The van der Waals surface area contributed by atoms with Crippen LogP contribution in [0.1, 0.15) is 82.6 Å². The average Bonchev–Trinajstić information content (AvgIpc) is 3.79. The zero-order valence-corrected chi connectivity index (χ0v) is 40.5. The molecule has 1 aromatic carbocycles. The van der Waals surface area contributed by atoms with Crippen LogP contribution < -0.4 is 26.6 Å². The summed E-state index contributed by atoms with van der Waals surface area (Å²) in [6, 6.07) is 6.02. The van der Waals surface area contributed by atoms with Gasteiger partial charge in [0.15, 0.2) is 0 Å². The van der Waals surface area contributed by atoms with Crippen molar-refractivity contribution in [1.29, 1.82) is 0 Å². The number of hydrogen-bond donors (Lipinski definition) is 10. The molecular formula is C43H66N8O14STb+3. The Bertz CT molecular complexity index is 1770. The first-order valence-corrected chi connectivity index (χ1v) is 23.4. The molecule has 2 heterocycles. The Morgan fingerprint density at radius 3 is 1.66 bits per heavy atom. The van der Waals surface area contributed by atoms with Crippen molar-refractivity contribution in [3.63, 3.8) is 0 Å². The number of aliphatic carboxylic acids is 5. The molecule has 10 N–H and O–H groups in total. The van der Waals surface area contributed by atoms with Crippen LogP contribution in [-0.2, 0) is 44.8 Å². The normalized spacial score (nSPS) is 16.6. The second kappa shape index (κ2) is 32.5. The smallest absolute Gasteiger partial charge is 0.480 e. The van der Waals surface area contributed by atoms with E-state index in [9.17, 15) is 68.7 Å². The van der Waals surface area contributed by atoms with Gasteiger partial charge in [-0.1, -0.05) is 31.4 Å². The van der Waals surface area contributed by atoms with Gasteiger partial charge >= 0.3 is 74.5 Å². The van der Waals surface area contributed by atoms with Crippen LogP contribution in [0, 0.1) is 38.6 Å². The summed E-state index contributed by atoms with van der Waals surface area (Å²) < 4.78 is 0. The Morgan fingerprint density at radius 2 is 1.12 bits per heavy atom. The minimum absolute atomic E-state index is 0. The van der Waals surface area contributed by atoms with Crippen LogP contribution in [0.3, 0.4) is 0 Å². The van der Waals surface area contributed by atoms with E-state index < -0.39 is 68.6 Å². The van der Waals surface area contributed by atoms with Crippen molar-refractivity contribution in [3.05, 3.63) is 29.8 Å². The van der Waals surface area contributed by atoms with Gasteiger partial charge in [-0.25, -0.2) is 4.79 Å². The molecule has 3 rings (SSSR count). The Labute approximate surface area is 424 Å². The van der Waals surface area contributed by atoms with E-state index in [1.807, 2.05) is 11.8 Å². The van der Waals surface area contributed by atoms with Crippen molar-refractivity contribution in [3.8, 4) is 0 Å². The molecule has 0 aromatic heterocycles. The van der Waals surface area contributed by atoms with E-state index in [0.717, 1.165) is 42.8 Å². The first kappa shape index (κ1) is 58.9. The number of thioether (sulfide) groups is 1. The van der Waals surface area contributed by atoms with Gasteiger partial charge in [-0.3, -0.25) is 53.1 Å². The third-order valence-electron chi connectivity index (χ3n) is 11.1. The predicted molar refractivity (Wildman–Crippen MR) is 242 cm³/mol. The van der Waals surface area contributed by atoms with E-state index in [4.69, 9.17) is 0 Å². The number of carbonyl (C=O) groups is 9. The molecule has 2 fully saturated rings. The molecule has 0 spiro atoms. The minimum atomic E-state index is -1.32. The molecule has 2 aliphatic heterocycles. The van der Waals surface area contributed by atoms with E-state index in [2.05, 4.69) is 26.6 Å². The average molecular weight is 1110 g/mol. The van der Waals surface area contributed by atoms with E-state index in [1.54, 1.807) is 24.3 Å². The van der Waals surface area contributed by atoms with Gasteiger partial charge in [0.25, 0.3) is 0 Å². The van der Waals surface area contributed by atoms with Crippen molar-refractivity contribution in [1.82, 2.24) is 36.0 Å². The summed E-state index contributed by atoms with van der Waals surface area (Å²) in [5.41, 5.74) is 1.10. The van der Waals surface area contributed by atoms with Gasteiger partial charge in [-0.05, 0) is 62.6 Å². The summed E-state index contributed by atoms with van der Waals surface area (Å²) in [7, 11) is 0. The molecule has 374 valence electrons. The van der Waals surface area contributed by atoms with Crippen LogP contribution in [0.2, 0.25) is 0 Å². The van der Waals surface area contributed by atoms with Gasteiger partial charge in [0, 0.05) is 74.7 Å². The number of nitrogens with zero attached hydrogens (tertiary/aromatic N) is 3. The standard InChI is InChI=1S/C43H66N8O14S.Tb/c52-34(10-3-1-7-17-45-35(53)11-6-5-9-33-42-32(28-66-33)47-43(65)48-42)44-18-8-2-4-12-36(54)46-30-15-13-29(14-16-30)21-31(51(26-40(61)62)27-41(63)64)22-49(23-37(55)56)19-20-50(24-38(57)58)25-39(59)60;/h13-16,31-33,42H,1-12,17-28H2,(H,44,52)(H,45,53)(H,46,54)(H,55,56)(H,57,58)(H,59,60)(H,61,62)(H,63,64)(H2,47,48,65);/q;+3. The first-order valence-electron chi connectivity index (χ1n) is 22.4. The van der Waals surface area contributed by atoms with Crippen LogP contribution >= 0.6 is 11.8 Å². The summed E-state index contributed by atoms with van der Waals surface area (Å²) in [5, 5.41) is 62.1. The molecule has 4 unspecified atom stereocenters. The number of carbonyl (C=O) groups excluding carboxylic acids is 4. The van der Waals surface area contributed by atoms with Crippen molar-refractivity contribution in [2.75, 3.05) is 76.5 Å². The summed E-state index contributed by atoms with van der Waals surface area (Å²) in [6.07, 6.45) is 8.20. The Morgan fingerprint density at radius 1 is 0.627 bits per heavy atom. The van der Waals surface area contributed by atoms with Gasteiger partial charge in [0.05, 0.1) is 44.8 Å². The van der Waals surface area contributed by atoms with Crippen molar-refractivity contribution in [2.24, 2.45) is 0 Å². The fourth-order valence-corrected chi connectivity index (χ4v) is 9.42. The van der Waals surface area contributed by atoms with E-state index in [0.29, 0.717) is 68.1 Å². The number of nitrogens with one attached hydrogen (secondary N) is 5. The number of rotatable bonds is 36. The zero-order chi connectivity index (χ0) is 48.4. The second-order valence-electron chi connectivity index (χ2n) is 16.6. The summed E-state index contributed by atoms with van der Waals surface area (Å²) in [4.78, 5) is 110. The number of urea groups is 1. The largest absolute Gasteiger partial charge is 3.00 e. The molecular weight excluding hydrogens is 1040 g/mol. The summed E-state index contributed by atoms with van der Waals surface area (Å²) >= 11 is 1.87. The fraction of sp³-hybridized carbons (Fsp3) is 0.651. The number of anilines is 1. The maximum atomic E-state index is 12.7. The Kier molecular flexibility index (Phi) is 28.6. The minimum Gasteiger partial charge on any atom is -0.480 e. The van der Waals surface area contributed by atoms with Gasteiger partial charge < -0.3 is 52.1 Å². The molecule has 5 amide bonds. The van der Waals surface area contributed by atoms with E-state index in [-0.39, 0.29) is 107 Å². The molecule has 0 saturated carbocycles. The van der Waals surface area contributed by atoms with Crippen molar-refractivity contribution in [2.45, 2.75) is 107 Å². The molecule has 67 heavy (non-hydrogen) atoms. The van der Waals surface area contributed by atoms with E-state index in [1.165, 1.54) is 9.80 Å². The SMILES string of the molecule is O=C(O)CN(CCN(CC(=O)O)CC(Cc1ccc(NC(=O)CCCCCNC(=O)CCCCCNC(=O)CCCCC2SCC3NC(=O)NC32)cc1)N(CC(=O)O)CC(=O)O)CC(=O)O.[Tb+3]. The number of fused-ring (bicyclic) bond motifs is 1. The summed E-state index contributed by atoms with van der Waals surface area (Å²) in [5.74, 6) is -5.80. The number of unbranched alkanes of at least 4 members (excludes halogenated alkanes) is 5. The maximum absolute atomic E-state index is 12.7. The molecule has 0 radical (unpaired) electrons. The van der Waals surface area contributed by atoms with Gasteiger partial charge in [-0.15, -0.1) is 0 Å². The monoisotopic (exact) mass is 1110 g/mol. The number of amides is 5. The number of carboxylic acids is 5. The summed E-state index contributed by atoms with van der Waals surface area (Å²) in [6.45, 7) is -2.55. The topological polar surface area (TPSA) is 325 Å². The molecule has 24 heteroatoms. The van der Waals surface area contributed by atoms with Crippen LogP contribution in [-0.4, -0.2) is 188 Å². The van der Waals surface area contributed by atoms with Crippen LogP contribution in [0.5, 0.6) is 0 Å². The van der Waals surface area contributed by atoms with Crippen LogP contribution in [0.15, 0.2) is 24.3 Å². The molecule has 0 aliphatic carbocycles. The first-order chi connectivity index (χ1) is 31.5. The molecule has 22 nitrogen and oxygen atoms in total. The Hall–Kier alpha value is -4.23. The van der Waals surface area contributed by atoms with Crippen molar-refractivity contribution < 1.29 is 107 Å². The van der Waals surface area contributed by atoms with Gasteiger partial charge in [0.2, 0.25) is 17.7 Å². The van der Waals surface area contributed by atoms with Crippen LogP contribution in [0.25, 0.3) is 0 Å².